The Morgan fingerprint density at radius 1 is 0.870 bits per heavy atom. The Morgan fingerprint density at radius 2 is 1.65 bits per heavy atom. The van der Waals surface area contributed by atoms with Crippen LogP contribution in [0.5, 0.6) is 5.75 Å². The number of rotatable bonds is 4. The van der Waals surface area contributed by atoms with E-state index in [1.54, 1.807) is 0 Å². The smallest absolute Gasteiger partial charge is 0.120 e. The molecule has 4 aromatic rings. The van der Waals surface area contributed by atoms with Gasteiger partial charge in [0.05, 0.1) is 0 Å². The van der Waals surface area contributed by atoms with E-state index in [1.165, 1.54) is 10.8 Å². The van der Waals surface area contributed by atoms with Gasteiger partial charge in [0.15, 0.2) is 0 Å². The maximum atomic E-state index is 5.95. The van der Waals surface area contributed by atoms with Crippen molar-refractivity contribution >= 4 is 27.9 Å². The van der Waals surface area contributed by atoms with E-state index < -0.39 is 0 Å². The number of nitrogens with one attached hydrogen (secondary N) is 1. The number of H-pyrrole nitrogens is 1. The fraction of sp³-hybridized carbons (Fsp3) is 0.0476. The van der Waals surface area contributed by atoms with Gasteiger partial charge in [0.25, 0.3) is 0 Å². The molecule has 0 saturated carbocycles. The third-order valence-corrected chi connectivity index (χ3v) is 4.10. The minimum Gasteiger partial charge on any atom is -0.489 e. The zero-order chi connectivity index (χ0) is 15.6. The molecular formula is C21H17NO. The summed E-state index contributed by atoms with van der Waals surface area (Å²) in [6, 6.07) is 22.8. The number of benzene rings is 3. The molecule has 0 radical (unpaired) electrons. The van der Waals surface area contributed by atoms with Gasteiger partial charge in [0.2, 0.25) is 0 Å². The average molecular weight is 299 g/mol. The summed E-state index contributed by atoms with van der Waals surface area (Å²) in [5.41, 5.74) is 4.55. The minimum absolute atomic E-state index is 0.561. The molecule has 0 aliphatic carbocycles. The number of fused-ring (bicyclic) bond motifs is 3. The zero-order valence-electron chi connectivity index (χ0n) is 12.8. The number of hydrogen-bond acceptors (Lipinski definition) is 1. The van der Waals surface area contributed by atoms with Crippen molar-refractivity contribution in [2.45, 2.75) is 6.61 Å². The molecule has 0 saturated heterocycles. The molecule has 2 nitrogen and oxygen atoms in total. The Bertz CT molecular complexity index is 980. The van der Waals surface area contributed by atoms with E-state index in [0.29, 0.717) is 6.61 Å². The topological polar surface area (TPSA) is 25.0 Å². The van der Waals surface area contributed by atoms with Crippen LogP contribution in [0.25, 0.3) is 27.9 Å². The minimum atomic E-state index is 0.561. The highest BCUT2D eigenvalue weighted by molar-refractivity contribution is 6.07. The van der Waals surface area contributed by atoms with Crippen LogP contribution in [0.2, 0.25) is 0 Å². The van der Waals surface area contributed by atoms with Crippen LogP contribution in [0.4, 0.5) is 0 Å². The number of aromatic nitrogens is 1. The molecule has 4 rings (SSSR count). The van der Waals surface area contributed by atoms with Crippen LogP contribution in [0.3, 0.4) is 0 Å². The summed E-state index contributed by atoms with van der Waals surface area (Å²) in [5.74, 6) is 0.884. The van der Waals surface area contributed by atoms with Crippen molar-refractivity contribution in [2.75, 3.05) is 0 Å². The molecule has 0 aliphatic rings. The summed E-state index contributed by atoms with van der Waals surface area (Å²) in [6.45, 7) is 4.33. The van der Waals surface area contributed by atoms with E-state index in [-0.39, 0.29) is 0 Å². The lowest BCUT2D eigenvalue weighted by molar-refractivity contribution is 0.306. The molecule has 1 heterocycles. The van der Waals surface area contributed by atoms with Gasteiger partial charge in [-0.1, -0.05) is 55.1 Å². The number of para-hydroxylation sites is 1. The molecule has 1 N–H and O–H groups in total. The first-order valence-electron chi connectivity index (χ1n) is 7.68. The summed E-state index contributed by atoms with van der Waals surface area (Å²) in [6.07, 6.45) is 1.84. The molecule has 0 amide bonds. The second-order valence-corrected chi connectivity index (χ2v) is 5.61. The van der Waals surface area contributed by atoms with Gasteiger partial charge in [0, 0.05) is 21.8 Å². The third kappa shape index (κ3) is 2.59. The molecule has 3 aromatic carbocycles. The quantitative estimate of drug-likeness (QED) is 0.525. The van der Waals surface area contributed by atoms with Crippen LogP contribution in [0, 0.1) is 0 Å². The fourth-order valence-corrected chi connectivity index (χ4v) is 2.83. The first-order valence-corrected chi connectivity index (χ1v) is 7.68. The molecule has 0 bridgehead atoms. The summed E-state index contributed by atoms with van der Waals surface area (Å²) >= 11 is 0. The van der Waals surface area contributed by atoms with Crippen molar-refractivity contribution in [3.8, 4) is 5.75 Å². The molecule has 2 heteroatoms. The summed E-state index contributed by atoms with van der Waals surface area (Å²) < 4.78 is 5.95. The van der Waals surface area contributed by atoms with Gasteiger partial charge in [-0.15, -0.1) is 0 Å². The molecule has 0 aliphatic heterocycles. The Hall–Kier alpha value is -3.00. The molecule has 0 fully saturated rings. The van der Waals surface area contributed by atoms with Crippen molar-refractivity contribution < 1.29 is 4.74 Å². The van der Waals surface area contributed by atoms with E-state index in [0.717, 1.165) is 27.9 Å². The van der Waals surface area contributed by atoms with E-state index in [9.17, 15) is 0 Å². The standard InChI is InChI=1S/C21H17NO/c1-2-15-7-9-16(10-8-15)14-23-17-11-12-21-19(13-17)18-5-3-4-6-20(18)22-21/h2-13,22H,1,14H2. The number of hydrogen-bond donors (Lipinski definition) is 1. The van der Waals surface area contributed by atoms with E-state index in [2.05, 4.69) is 66.2 Å². The predicted molar refractivity (Wildman–Crippen MR) is 96.7 cm³/mol. The lowest BCUT2D eigenvalue weighted by atomic mass is 10.1. The van der Waals surface area contributed by atoms with Crippen LogP contribution in [-0.4, -0.2) is 4.98 Å². The average Bonchev–Trinajstić information content (AvgIpc) is 2.98. The van der Waals surface area contributed by atoms with Crippen molar-refractivity contribution in [1.82, 2.24) is 4.98 Å². The SMILES string of the molecule is C=Cc1ccc(COc2ccc3[nH]c4ccccc4c3c2)cc1. The van der Waals surface area contributed by atoms with Gasteiger partial charge >= 0.3 is 0 Å². The Balaban J connectivity index is 1.61. The Labute approximate surface area is 135 Å². The summed E-state index contributed by atoms with van der Waals surface area (Å²) in [7, 11) is 0. The van der Waals surface area contributed by atoms with E-state index in [1.807, 2.05) is 18.2 Å². The number of ether oxygens (including phenoxy) is 1. The first-order chi connectivity index (χ1) is 11.3. The van der Waals surface area contributed by atoms with Gasteiger partial charge in [-0.25, -0.2) is 0 Å². The molecule has 0 unspecified atom stereocenters. The van der Waals surface area contributed by atoms with E-state index >= 15 is 0 Å². The highest BCUT2D eigenvalue weighted by Crippen LogP contribution is 2.28. The van der Waals surface area contributed by atoms with Gasteiger partial charge in [-0.2, -0.15) is 0 Å². The summed E-state index contributed by atoms with van der Waals surface area (Å²) in [4.78, 5) is 3.43. The Kier molecular flexibility index (Phi) is 3.35. The van der Waals surface area contributed by atoms with Crippen molar-refractivity contribution in [3.63, 3.8) is 0 Å². The van der Waals surface area contributed by atoms with Gasteiger partial charge in [-0.05, 0) is 35.4 Å². The van der Waals surface area contributed by atoms with Crippen LogP contribution >= 0.6 is 0 Å². The maximum absolute atomic E-state index is 5.95. The highest BCUT2D eigenvalue weighted by Gasteiger charge is 2.05. The summed E-state index contributed by atoms with van der Waals surface area (Å²) in [5, 5.41) is 2.42. The largest absolute Gasteiger partial charge is 0.489 e. The van der Waals surface area contributed by atoms with Crippen molar-refractivity contribution in [1.29, 1.82) is 0 Å². The lowest BCUT2D eigenvalue weighted by Crippen LogP contribution is -1.95. The van der Waals surface area contributed by atoms with Gasteiger partial charge in [-0.3, -0.25) is 0 Å². The number of aromatic amines is 1. The lowest BCUT2D eigenvalue weighted by Gasteiger charge is -2.07. The highest BCUT2D eigenvalue weighted by atomic mass is 16.5. The molecule has 1 aromatic heterocycles. The molecule has 0 atom stereocenters. The second kappa shape index (κ2) is 5.65. The Morgan fingerprint density at radius 3 is 2.48 bits per heavy atom. The van der Waals surface area contributed by atoms with Crippen LogP contribution < -0.4 is 4.74 Å². The maximum Gasteiger partial charge on any atom is 0.120 e. The fourth-order valence-electron chi connectivity index (χ4n) is 2.83. The third-order valence-electron chi connectivity index (χ3n) is 4.10. The molecule has 0 spiro atoms. The molecule has 23 heavy (non-hydrogen) atoms. The second-order valence-electron chi connectivity index (χ2n) is 5.61. The zero-order valence-corrected chi connectivity index (χ0v) is 12.8. The predicted octanol–water partition coefficient (Wildman–Crippen LogP) is 5.54. The van der Waals surface area contributed by atoms with Gasteiger partial charge in [0.1, 0.15) is 12.4 Å². The molecular weight excluding hydrogens is 282 g/mol. The monoisotopic (exact) mass is 299 g/mol. The van der Waals surface area contributed by atoms with Crippen LogP contribution in [0.1, 0.15) is 11.1 Å². The molecule has 112 valence electrons. The van der Waals surface area contributed by atoms with E-state index in [4.69, 9.17) is 4.74 Å². The van der Waals surface area contributed by atoms with Crippen molar-refractivity contribution in [2.24, 2.45) is 0 Å². The normalized spacial score (nSPS) is 11.0. The van der Waals surface area contributed by atoms with Crippen LogP contribution in [-0.2, 0) is 6.61 Å². The van der Waals surface area contributed by atoms with Crippen molar-refractivity contribution in [3.05, 3.63) is 84.4 Å². The first kappa shape index (κ1) is 13.6. The van der Waals surface area contributed by atoms with Gasteiger partial charge < -0.3 is 9.72 Å². The van der Waals surface area contributed by atoms with Crippen LogP contribution in [0.15, 0.2) is 73.3 Å².